The van der Waals surface area contributed by atoms with Crippen LogP contribution in [0.5, 0.6) is 0 Å². The first-order chi connectivity index (χ1) is 9.61. The van der Waals surface area contributed by atoms with Crippen molar-refractivity contribution >= 4 is 22.4 Å². The molecule has 0 heterocycles. The smallest absolute Gasteiger partial charge is 0.326 e. The summed E-state index contributed by atoms with van der Waals surface area (Å²) in [5, 5.41) is 0. The summed E-state index contributed by atoms with van der Waals surface area (Å²) in [5.74, 6) is 0.302. The average Bonchev–Trinajstić information content (AvgIpc) is 3.19. The summed E-state index contributed by atoms with van der Waals surface area (Å²) in [4.78, 5) is -0.400. The fraction of sp³-hybridized carbons (Fsp3) is 0.538. The lowest BCUT2D eigenvalue weighted by atomic mass is 10.1. The van der Waals surface area contributed by atoms with E-state index in [-0.39, 0.29) is 30.6 Å². The molecule has 22 heavy (non-hydrogen) atoms. The van der Waals surface area contributed by atoms with E-state index in [1.165, 1.54) is 6.92 Å². The first kappa shape index (κ1) is 19.2. The monoisotopic (exact) mass is 358 g/mol. The van der Waals surface area contributed by atoms with Crippen molar-refractivity contribution in [2.45, 2.75) is 36.9 Å². The molecule has 1 unspecified atom stereocenters. The van der Waals surface area contributed by atoms with Gasteiger partial charge >= 0.3 is 6.18 Å². The van der Waals surface area contributed by atoms with E-state index in [1.807, 2.05) is 0 Å². The molecular weight excluding hydrogens is 341 g/mol. The Labute approximate surface area is 133 Å². The molecule has 1 aliphatic carbocycles. The van der Waals surface area contributed by atoms with Crippen molar-refractivity contribution in [1.29, 1.82) is 0 Å². The highest BCUT2D eigenvalue weighted by Gasteiger charge is 2.34. The number of halogens is 4. The van der Waals surface area contributed by atoms with Gasteiger partial charge in [-0.3, -0.25) is 0 Å². The van der Waals surface area contributed by atoms with Gasteiger partial charge in [0.2, 0.25) is 10.0 Å². The van der Waals surface area contributed by atoms with E-state index in [9.17, 15) is 21.6 Å². The number of alkyl halides is 3. The van der Waals surface area contributed by atoms with Crippen LogP contribution in [0.25, 0.3) is 0 Å². The highest BCUT2D eigenvalue weighted by Crippen LogP contribution is 2.33. The SMILES string of the molecule is Cc1ccc(S(=O)(=O)NCC(N)C2CC2)cc1C(F)(F)F.Cl. The molecule has 2 rings (SSSR count). The molecular formula is C13H18ClF3N2O2S. The number of benzene rings is 1. The second-order valence-electron chi connectivity index (χ2n) is 5.33. The third-order valence-electron chi connectivity index (χ3n) is 3.56. The number of rotatable bonds is 5. The molecule has 0 radical (unpaired) electrons. The maximum Gasteiger partial charge on any atom is 0.416 e. The summed E-state index contributed by atoms with van der Waals surface area (Å²) in [6, 6.07) is 2.67. The van der Waals surface area contributed by atoms with Gasteiger partial charge in [-0.2, -0.15) is 13.2 Å². The Kier molecular flexibility index (Phi) is 5.88. The number of hydrogen-bond donors (Lipinski definition) is 2. The second kappa shape index (κ2) is 6.74. The largest absolute Gasteiger partial charge is 0.416 e. The third-order valence-corrected chi connectivity index (χ3v) is 4.98. The molecule has 1 aromatic rings. The quantitative estimate of drug-likeness (QED) is 0.849. The van der Waals surface area contributed by atoms with Crippen molar-refractivity contribution in [1.82, 2.24) is 4.72 Å². The lowest BCUT2D eigenvalue weighted by Gasteiger charge is -2.14. The van der Waals surface area contributed by atoms with Crippen molar-refractivity contribution < 1.29 is 21.6 Å². The zero-order valence-electron chi connectivity index (χ0n) is 11.9. The van der Waals surface area contributed by atoms with Gasteiger partial charge in [-0.05, 0) is 43.4 Å². The van der Waals surface area contributed by atoms with Crippen molar-refractivity contribution in [3.05, 3.63) is 29.3 Å². The van der Waals surface area contributed by atoms with Gasteiger partial charge in [-0.15, -0.1) is 12.4 Å². The summed E-state index contributed by atoms with van der Waals surface area (Å²) in [5.41, 5.74) is 4.82. The minimum Gasteiger partial charge on any atom is -0.326 e. The first-order valence-corrected chi connectivity index (χ1v) is 8.02. The zero-order chi connectivity index (χ0) is 15.8. The topological polar surface area (TPSA) is 72.2 Å². The van der Waals surface area contributed by atoms with E-state index in [0.717, 1.165) is 25.0 Å². The Bertz CT molecular complexity index is 631. The summed E-state index contributed by atoms with van der Waals surface area (Å²) >= 11 is 0. The van der Waals surface area contributed by atoms with E-state index in [1.54, 1.807) is 0 Å². The van der Waals surface area contributed by atoms with Crippen LogP contribution in [0.3, 0.4) is 0 Å². The first-order valence-electron chi connectivity index (χ1n) is 6.54. The van der Waals surface area contributed by atoms with Crippen LogP contribution in [0, 0.1) is 12.8 Å². The number of nitrogens with two attached hydrogens (primary N) is 1. The Morgan fingerprint density at radius 1 is 1.36 bits per heavy atom. The molecule has 0 spiro atoms. The molecule has 0 amide bonds. The number of hydrogen-bond acceptors (Lipinski definition) is 3. The molecule has 1 saturated carbocycles. The fourth-order valence-corrected chi connectivity index (χ4v) is 3.15. The Morgan fingerprint density at radius 3 is 2.45 bits per heavy atom. The van der Waals surface area contributed by atoms with Gasteiger partial charge in [0, 0.05) is 12.6 Å². The normalized spacial score (nSPS) is 17.0. The molecule has 1 aliphatic rings. The summed E-state index contributed by atoms with van der Waals surface area (Å²) in [6.07, 6.45) is -2.66. The Hall–Kier alpha value is -0.830. The predicted octanol–water partition coefficient (Wildman–Crippen LogP) is 2.45. The Balaban J connectivity index is 0.00000242. The Morgan fingerprint density at radius 2 is 1.95 bits per heavy atom. The molecule has 1 aromatic carbocycles. The third kappa shape index (κ3) is 4.58. The van der Waals surface area contributed by atoms with Crippen LogP contribution in [0.2, 0.25) is 0 Å². The van der Waals surface area contributed by atoms with Gasteiger partial charge < -0.3 is 5.73 Å². The summed E-state index contributed by atoms with van der Waals surface area (Å²) in [7, 11) is -3.99. The van der Waals surface area contributed by atoms with E-state index in [0.29, 0.717) is 12.0 Å². The molecule has 126 valence electrons. The van der Waals surface area contributed by atoms with Crippen LogP contribution in [-0.4, -0.2) is 21.0 Å². The summed E-state index contributed by atoms with van der Waals surface area (Å²) in [6.45, 7) is 1.32. The highest BCUT2D eigenvalue weighted by molar-refractivity contribution is 7.89. The van der Waals surface area contributed by atoms with Gasteiger partial charge in [0.1, 0.15) is 0 Å². The fourth-order valence-electron chi connectivity index (χ4n) is 2.05. The van der Waals surface area contributed by atoms with Crippen LogP contribution in [0.15, 0.2) is 23.1 Å². The van der Waals surface area contributed by atoms with Gasteiger partial charge in [-0.1, -0.05) is 6.07 Å². The molecule has 4 nitrogen and oxygen atoms in total. The lowest BCUT2D eigenvalue weighted by molar-refractivity contribution is -0.138. The predicted molar refractivity (Wildman–Crippen MR) is 79.3 cm³/mol. The molecule has 1 atom stereocenters. The lowest BCUT2D eigenvalue weighted by Crippen LogP contribution is -2.38. The van der Waals surface area contributed by atoms with Crippen LogP contribution < -0.4 is 10.5 Å². The van der Waals surface area contributed by atoms with E-state index >= 15 is 0 Å². The van der Waals surface area contributed by atoms with Crippen LogP contribution in [-0.2, 0) is 16.2 Å². The van der Waals surface area contributed by atoms with Crippen LogP contribution in [0.1, 0.15) is 24.0 Å². The van der Waals surface area contributed by atoms with Crippen molar-refractivity contribution in [2.75, 3.05) is 6.54 Å². The number of aryl methyl sites for hydroxylation is 1. The van der Waals surface area contributed by atoms with Gasteiger partial charge in [-0.25, -0.2) is 13.1 Å². The van der Waals surface area contributed by atoms with Gasteiger partial charge in [0.25, 0.3) is 0 Å². The van der Waals surface area contributed by atoms with E-state index in [4.69, 9.17) is 5.73 Å². The summed E-state index contributed by atoms with van der Waals surface area (Å²) < 4.78 is 64.8. The van der Waals surface area contributed by atoms with Gasteiger partial charge in [0.05, 0.1) is 10.5 Å². The van der Waals surface area contributed by atoms with Crippen molar-refractivity contribution in [3.63, 3.8) is 0 Å². The number of sulfonamides is 1. The minimum atomic E-state index is -4.58. The van der Waals surface area contributed by atoms with E-state index < -0.39 is 26.7 Å². The maximum absolute atomic E-state index is 12.8. The van der Waals surface area contributed by atoms with Crippen molar-refractivity contribution in [2.24, 2.45) is 11.7 Å². The van der Waals surface area contributed by atoms with Gasteiger partial charge in [0.15, 0.2) is 0 Å². The van der Waals surface area contributed by atoms with E-state index in [2.05, 4.69) is 4.72 Å². The van der Waals surface area contributed by atoms with Crippen molar-refractivity contribution in [3.8, 4) is 0 Å². The maximum atomic E-state index is 12.8. The molecule has 3 N–H and O–H groups in total. The molecule has 0 aromatic heterocycles. The molecule has 1 fully saturated rings. The zero-order valence-corrected chi connectivity index (χ0v) is 13.5. The van der Waals surface area contributed by atoms with Crippen LogP contribution >= 0.6 is 12.4 Å². The molecule has 0 aliphatic heterocycles. The molecule has 9 heteroatoms. The minimum absolute atomic E-state index is 0. The second-order valence-corrected chi connectivity index (χ2v) is 7.09. The number of nitrogens with one attached hydrogen (secondary N) is 1. The molecule has 0 bridgehead atoms. The van der Waals surface area contributed by atoms with Crippen LogP contribution in [0.4, 0.5) is 13.2 Å². The average molecular weight is 359 g/mol. The molecule has 0 saturated heterocycles. The standard InChI is InChI=1S/C13H17F3N2O2S.ClH/c1-8-2-5-10(6-11(8)13(14,15)16)21(19,20)18-7-12(17)9-3-4-9;/h2,5-6,9,12,18H,3-4,7,17H2,1H3;1H. The highest BCUT2D eigenvalue weighted by atomic mass is 35.5.